The van der Waals surface area contributed by atoms with Crippen molar-refractivity contribution in [1.29, 1.82) is 0 Å². The lowest BCUT2D eigenvalue weighted by atomic mass is 9.85. The van der Waals surface area contributed by atoms with Gasteiger partial charge in [-0.25, -0.2) is 17.6 Å². The van der Waals surface area contributed by atoms with Gasteiger partial charge in [0.25, 0.3) is 0 Å². The number of halogens is 4. The molecule has 1 saturated heterocycles. The third-order valence-corrected chi connectivity index (χ3v) is 6.07. The molecular weight excluding hydrogens is 396 g/mol. The fraction of sp³-hybridized carbons (Fsp3) is 0.417. The van der Waals surface area contributed by atoms with Crippen LogP contribution in [-0.4, -0.2) is 19.5 Å². The van der Waals surface area contributed by atoms with E-state index < -0.39 is 23.3 Å². The molecule has 0 amide bonds. The van der Waals surface area contributed by atoms with Gasteiger partial charge in [0.05, 0.1) is 13.2 Å². The van der Waals surface area contributed by atoms with E-state index in [9.17, 15) is 17.6 Å². The molecule has 1 aliphatic carbocycles. The van der Waals surface area contributed by atoms with Gasteiger partial charge in [0.2, 0.25) is 0 Å². The maximum atomic E-state index is 14.7. The molecule has 0 spiro atoms. The molecule has 1 heterocycles. The Bertz CT molecular complexity index is 948. The van der Waals surface area contributed by atoms with E-state index in [-0.39, 0.29) is 23.3 Å². The molecule has 2 aromatic carbocycles. The summed E-state index contributed by atoms with van der Waals surface area (Å²) in [4.78, 5) is 0. The first-order valence-electron chi connectivity index (χ1n) is 10.3. The van der Waals surface area contributed by atoms with E-state index in [0.29, 0.717) is 11.5 Å². The molecule has 0 radical (unpaired) electrons. The highest BCUT2D eigenvalue weighted by Gasteiger charge is 2.30. The summed E-state index contributed by atoms with van der Waals surface area (Å²) in [6.45, 7) is 3.57. The largest absolute Gasteiger partial charge is 0.352 e. The highest BCUT2D eigenvalue weighted by molar-refractivity contribution is 5.71. The molecule has 2 aliphatic rings. The van der Waals surface area contributed by atoms with E-state index in [0.717, 1.165) is 56.6 Å². The molecular formula is C24H24F4O2. The lowest BCUT2D eigenvalue weighted by molar-refractivity contribution is -0.225. The van der Waals surface area contributed by atoms with Crippen LogP contribution in [0.25, 0.3) is 16.7 Å². The summed E-state index contributed by atoms with van der Waals surface area (Å²) in [5.41, 5.74) is 1.31. The zero-order chi connectivity index (χ0) is 21.3. The van der Waals surface area contributed by atoms with Gasteiger partial charge in [-0.3, -0.25) is 0 Å². The molecule has 4 rings (SSSR count). The van der Waals surface area contributed by atoms with E-state index in [4.69, 9.17) is 9.47 Å². The molecule has 1 atom stereocenters. The summed E-state index contributed by atoms with van der Waals surface area (Å²) in [7, 11) is 0. The fourth-order valence-electron chi connectivity index (χ4n) is 4.10. The van der Waals surface area contributed by atoms with Gasteiger partial charge < -0.3 is 9.47 Å². The summed E-state index contributed by atoms with van der Waals surface area (Å²) < 4.78 is 67.1. The van der Waals surface area contributed by atoms with E-state index in [1.165, 1.54) is 12.1 Å². The first-order chi connectivity index (χ1) is 14.5. The van der Waals surface area contributed by atoms with Crippen LogP contribution in [0.1, 0.15) is 38.2 Å². The summed E-state index contributed by atoms with van der Waals surface area (Å²) in [6, 6.07) is 6.25. The average Bonchev–Trinajstić information content (AvgIpc) is 2.78. The molecule has 1 aliphatic heterocycles. The van der Waals surface area contributed by atoms with Crippen LogP contribution in [0, 0.1) is 35.1 Å². The van der Waals surface area contributed by atoms with Crippen LogP contribution in [0.3, 0.4) is 0 Å². The van der Waals surface area contributed by atoms with E-state index in [1.807, 2.05) is 0 Å². The zero-order valence-corrected chi connectivity index (χ0v) is 16.8. The molecule has 2 nitrogen and oxygen atoms in total. The van der Waals surface area contributed by atoms with Crippen molar-refractivity contribution in [2.45, 2.75) is 38.9 Å². The molecule has 6 heteroatoms. The molecule has 30 heavy (non-hydrogen) atoms. The van der Waals surface area contributed by atoms with Crippen molar-refractivity contribution >= 4 is 5.57 Å². The van der Waals surface area contributed by atoms with E-state index in [2.05, 4.69) is 13.0 Å². The summed E-state index contributed by atoms with van der Waals surface area (Å²) in [6.07, 6.45) is 5.31. The summed E-state index contributed by atoms with van der Waals surface area (Å²) >= 11 is 0. The summed E-state index contributed by atoms with van der Waals surface area (Å²) in [5.74, 6) is -4.24. The second kappa shape index (κ2) is 8.90. The van der Waals surface area contributed by atoms with Crippen molar-refractivity contribution in [3.05, 3.63) is 65.2 Å². The quantitative estimate of drug-likeness (QED) is 0.416. The third kappa shape index (κ3) is 4.16. The van der Waals surface area contributed by atoms with Gasteiger partial charge in [0, 0.05) is 23.0 Å². The van der Waals surface area contributed by atoms with E-state index in [1.54, 1.807) is 6.07 Å². The smallest absolute Gasteiger partial charge is 0.195 e. The Labute approximate surface area is 173 Å². The van der Waals surface area contributed by atoms with Gasteiger partial charge in [-0.05, 0) is 55.0 Å². The minimum Gasteiger partial charge on any atom is -0.352 e. The van der Waals surface area contributed by atoms with Crippen molar-refractivity contribution in [1.82, 2.24) is 0 Å². The first-order valence-corrected chi connectivity index (χ1v) is 10.3. The Balaban J connectivity index is 1.48. The monoisotopic (exact) mass is 420 g/mol. The molecule has 1 fully saturated rings. The van der Waals surface area contributed by atoms with Gasteiger partial charge >= 0.3 is 0 Å². The fourth-order valence-corrected chi connectivity index (χ4v) is 4.10. The van der Waals surface area contributed by atoms with Crippen LogP contribution in [-0.2, 0) is 9.47 Å². The van der Waals surface area contributed by atoms with Gasteiger partial charge in [-0.1, -0.05) is 25.1 Å². The van der Waals surface area contributed by atoms with Crippen LogP contribution in [0.4, 0.5) is 17.6 Å². The van der Waals surface area contributed by atoms with Crippen molar-refractivity contribution < 1.29 is 27.0 Å². The number of allylic oxidation sites excluding steroid dienone is 2. The normalized spacial score (nSPS) is 24.6. The highest BCUT2D eigenvalue weighted by Crippen LogP contribution is 2.36. The number of benzene rings is 2. The topological polar surface area (TPSA) is 18.5 Å². The second-order valence-corrected chi connectivity index (χ2v) is 7.99. The number of hydrogen-bond donors (Lipinski definition) is 0. The van der Waals surface area contributed by atoms with Crippen molar-refractivity contribution in [2.75, 3.05) is 13.2 Å². The minimum absolute atomic E-state index is 0.0982. The molecule has 2 aromatic rings. The number of rotatable bonds is 4. The van der Waals surface area contributed by atoms with Gasteiger partial charge in [0.1, 0.15) is 5.82 Å². The SMILES string of the molecule is CCC1COC(C2CC=C(c3ccc(-c4ccc(F)c(F)c4F)c(F)c3)CC2)OC1. The van der Waals surface area contributed by atoms with Crippen LogP contribution < -0.4 is 0 Å². The first kappa shape index (κ1) is 21.1. The van der Waals surface area contributed by atoms with Crippen molar-refractivity contribution in [3.8, 4) is 11.1 Å². The molecule has 0 bridgehead atoms. The van der Waals surface area contributed by atoms with Gasteiger partial charge in [0.15, 0.2) is 23.7 Å². The number of hydrogen-bond acceptors (Lipinski definition) is 2. The van der Waals surface area contributed by atoms with Crippen molar-refractivity contribution in [2.24, 2.45) is 11.8 Å². The van der Waals surface area contributed by atoms with Gasteiger partial charge in [-0.2, -0.15) is 0 Å². The van der Waals surface area contributed by atoms with Crippen LogP contribution in [0.15, 0.2) is 36.4 Å². The Morgan fingerprint density at radius 3 is 2.27 bits per heavy atom. The maximum Gasteiger partial charge on any atom is 0.195 e. The second-order valence-electron chi connectivity index (χ2n) is 7.99. The molecule has 0 aromatic heterocycles. The Hall–Kier alpha value is -2.18. The minimum atomic E-state index is -1.60. The molecule has 0 N–H and O–H groups in total. The lowest BCUT2D eigenvalue weighted by Crippen LogP contribution is -2.37. The Morgan fingerprint density at radius 1 is 0.900 bits per heavy atom. The third-order valence-electron chi connectivity index (χ3n) is 6.07. The van der Waals surface area contributed by atoms with Crippen molar-refractivity contribution in [3.63, 3.8) is 0 Å². The van der Waals surface area contributed by atoms with E-state index >= 15 is 0 Å². The highest BCUT2D eigenvalue weighted by atomic mass is 19.2. The van der Waals surface area contributed by atoms with Gasteiger partial charge in [-0.15, -0.1) is 0 Å². The van der Waals surface area contributed by atoms with Crippen LogP contribution >= 0.6 is 0 Å². The Morgan fingerprint density at radius 2 is 1.63 bits per heavy atom. The van der Waals surface area contributed by atoms with Crippen LogP contribution in [0.5, 0.6) is 0 Å². The molecule has 160 valence electrons. The zero-order valence-electron chi connectivity index (χ0n) is 16.8. The predicted octanol–water partition coefficient (Wildman–Crippen LogP) is 6.49. The molecule has 1 unspecified atom stereocenters. The maximum absolute atomic E-state index is 14.7. The van der Waals surface area contributed by atoms with Crippen LogP contribution in [0.2, 0.25) is 0 Å². The average molecular weight is 420 g/mol. The number of ether oxygens (including phenoxy) is 2. The Kier molecular flexibility index (Phi) is 6.25. The standard InChI is InChI=1S/C24H24F4O2/c1-2-14-12-29-24(30-13-14)16-5-3-15(4-6-16)17-7-8-18(21(26)11-17)19-9-10-20(25)23(28)22(19)27/h3,7-11,14,16,24H,2,4-6,12-13H2,1H3. The molecule has 0 saturated carbocycles. The summed E-state index contributed by atoms with van der Waals surface area (Å²) in [5, 5.41) is 0. The lowest BCUT2D eigenvalue weighted by Gasteiger charge is -2.35. The predicted molar refractivity (Wildman–Crippen MR) is 107 cm³/mol.